The Hall–Kier alpha value is -2.38. The lowest BCUT2D eigenvalue weighted by molar-refractivity contribution is -0.123. The normalized spacial score (nSPS) is 15.1. The molecule has 2 aromatic carbocycles. The highest BCUT2D eigenvalue weighted by Crippen LogP contribution is 2.25. The van der Waals surface area contributed by atoms with Crippen LogP contribution in [0.25, 0.3) is 0 Å². The third-order valence-electron chi connectivity index (χ3n) is 5.03. The number of carbonyl (C=O) groups is 1. The second kappa shape index (κ2) is 9.41. The Morgan fingerprint density at radius 3 is 2.52 bits per heavy atom. The van der Waals surface area contributed by atoms with E-state index in [0.29, 0.717) is 30.9 Å². The molecule has 3 rings (SSSR count). The number of ether oxygens (including phenoxy) is 1. The molecule has 0 radical (unpaired) electrons. The molecule has 2 aromatic rings. The number of amides is 1. The molecule has 0 aromatic heterocycles. The maximum absolute atomic E-state index is 12.8. The van der Waals surface area contributed by atoms with Gasteiger partial charge >= 0.3 is 0 Å². The minimum absolute atomic E-state index is 0.120. The zero-order valence-corrected chi connectivity index (χ0v) is 17.8. The topological polar surface area (TPSA) is 75.7 Å². The van der Waals surface area contributed by atoms with E-state index in [-0.39, 0.29) is 17.4 Å². The fraction of sp³-hybridized carbons (Fsp3) is 0.409. The van der Waals surface area contributed by atoms with Crippen molar-refractivity contribution < 1.29 is 17.9 Å². The van der Waals surface area contributed by atoms with Gasteiger partial charge in [-0.2, -0.15) is 4.31 Å². The number of aryl methyl sites for hydroxylation is 2. The summed E-state index contributed by atoms with van der Waals surface area (Å²) in [5, 5.41) is 2.83. The first-order valence-electron chi connectivity index (χ1n) is 9.92. The average molecular weight is 417 g/mol. The molecule has 1 amide bonds. The van der Waals surface area contributed by atoms with Gasteiger partial charge in [-0.15, -0.1) is 0 Å². The fourth-order valence-electron chi connectivity index (χ4n) is 3.42. The number of piperidine rings is 1. The van der Waals surface area contributed by atoms with E-state index < -0.39 is 10.0 Å². The standard InChI is InChI=1S/C22H28N2O4S/c1-17-7-6-8-19(13-17)15-23-22(25)16-28-21-10-9-20(14-18(21)2)29(26,27)24-11-4-3-5-12-24/h6-10,13-14H,3-5,11-12,15-16H2,1-2H3,(H,23,25). The molecule has 0 spiro atoms. The molecular weight excluding hydrogens is 388 g/mol. The fourth-order valence-corrected chi connectivity index (χ4v) is 5.02. The number of hydrogen-bond donors (Lipinski definition) is 1. The first-order valence-corrected chi connectivity index (χ1v) is 11.4. The van der Waals surface area contributed by atoms with E-state index in [2.05, 4.69) is 5.32 Å². The van der Waals surface area contributed by atoms with Crippen LogP contribution in [0.5, 0.6) is 5.75 Å². The summed E-state index contributed by atoms with van der Waals surface area (Å²) in [5.41, 5.74) is 2.86. The minimum Gasteiger partial charge on any atom is -0.484 e. The molecule has 7 heteroatoms. The molecule has 156 valence electrons. The molecule has 1 N–H and O–H groups in total. The number of hydrogen-bond acceptors (Lipinski definition) is 4. The summed E-state index contributed by atoms with van der Waals surface area (Å²) in [6.45, 7) is 5.25. The van der Waals surface area contributed by atoms with Gasteiger partial charge in [0.05, 0.1) is 4.90 Å². The van der Waals surface area contributed by atoms with Crippen LogP contribution in [-0.4, -0.2) is 38.3 Å². The molecule has 0 aliphatic carbocycles. The van der Waals surface area contributed by atoms with Crippen LogP contribution in [0.1, 0.15) is 36.0 Å². The van der Waals surface area contributed by atoms with E-state index in [4.69, 9.17) is 4.74 Å². The molecule has 0 bridgehead atoms. The lowest BCUT2D eigenvalue weighted by atomic mass is 10.1. The largest absolute Gasteiger partial charge is 0.484 e. The average Bonchev–Trinajstić information content (AvgIpc) is 2.72. The Morgan fingerprint density at radius 1 is 1.07 bits per heavy atom. The van der Waals surface area contributed by atoms with Crippen LogP contribution in [-0.2, 0) is 21.4 Å². The number of nitrogens with one attached hydrogen (secondary N) is 1. The van der Waals surface area contributed by atoms with Crippen LogP contribution < -0.4 is 10.1 Å². The third kappa shape index (κ3) is 5.58. The molecule has 1 saturated heterocycles. The molecule has 29 heavy (non-hydrogen) atoms. The van der Waals surface area contributed by atoms with Crippen molar-refractivity contribution in [3.05, 3.63) is 59.2 Å². The molecule has 6 nitrogen and oxygen atoms in total. The Morgan fingerprint density at radius 2 is 1.83 bits per heavy atom. The van der Waals surface area contributed by atoms with Crippen molar-refractivity contribution in [2.75, 3.05) is 19.7 Å². The van der Waals surface area contributed by atoms with Crippen molar-refractivity contribution in [3.63, 3.8) is 0 Å². The molecule has 1 heterocycles. The number of sulfonamides is 1. The Balaban J connectivity index is 1.57. The van der Waals surface area contributed by atoms with Crippen molar-refractivity contribution in [3.8, 4) is 5.75 Å². The first-order chi connectivity index (χ1) is 13.9. The molecular formula is C22H28N2O4S. The van der Waals surface area contributed by atoms with Gasteiger partial charge < -0.3 is 10.1 Å². The predicted octanol–water partition coefficient (Wildman–Crippen LogP) is 3.17. The third-order valence-corrected chi connectivity index (χ3v) is 6.92. The van der Waals surface area contributed by atoms with Gasteiger partial charge in [-0.25, -0.2) is 8.42 Å². The van der Waals surface area contributed by atoms with Crippen LogP contribution >= 0.6 is 0 Å². The monoisotopic (exact) mass is 416 g/mol. The number of benzene rings is 2. The summed E-state index contributed by atoms with van der Waals surface area (Å²) >= 11 is 0. The summed E-state index contributed by atoms with van der Waals surface area (Å²) in [4.78, 5) is 12.4. The highest BCUT2D eigenvalue weighted by Gasteiger charge is 2.26. The zero-order valence-electron chi connectivity index (χ0n) is 17.0. The highest BCUT2D eigenvalue weighted by atomic mass is 32.2. The van der Waals surface area contributed by atoms with Crippen molar-refractivity contribution in [1.82, 2.24) is 9.62 Å². The lowest BCUT2D eigenvalue weighted by Gasteiger charge is -2.26. The number of rotatable bonds is 7. The Labute approximate surface area is 172 Å². The molecule has 1 fully saturated rings. The summed E-state index contributed by atoms with van der Waals surface area (Å²) in [5.74, 6) is 0.282. The maximum Gasteiger partial charge on any atom is 0.258 e. The van der Waals surface area contributed by atoms with Crippen molar-refractivity contribution >= 4 is 15.9 Å². The lowest BCUT2D eigenvalue weighted by Crippen LogP contribution is -2.35. The van der Waals surface area contributed by atoms with E-state index >= 15 is 0 Å². The first kappa shape index (κ1) is 21.3. The summed E-state index contributed by atoms with van der Waals surface area (Å²) in [6.07, 6.45) is 2.87. The van der Waals surface area contributed by atoms with Gasteiger partial charge in [-0.05, 0) is 56.0 Å². The molecule has 1 aliphatic rings. The van der Waals surface area contributed by atoms with E-state index in [1.165, 1.54) is 0 Å². The van der Waals surface area contributed by atoms with E-state index in [1.807, 2.05) is 31.2 Å². The molecule has 1 aliphatic heterocycles. The number of nitrogens with zero attached hydrogens (tertiary/aromatic N) is 1. The molecule has 0 saturated carbocycles. The van der Waals surface area contributed by atoms with Gasteiger partial charge in [0.2, 0.25) is 10.0 Å². The van der Waals surface area contributed by atoms with Crippen LogP contribution in [0.4, 0.5) is 0 Å². The Bertz CT molecular complexity index is 967. The van der Waals surface area contributed by atoms with Crippen molar-refractivity contribution in [2.24, 2.45) is 0 Å². The second-order valence-corrected chi connectivity index (χ2v) is 9.38. The van der Waals surface area contributed by atoms with E-state index in [1.54, 1.807) is 29.4 Å². The van der Waals surface area contributed by atoms with E-state index in [9.17, 15) is 13.2 Å². The van der Waals surface area contributed by atoms with Gasteiger partial charge in [-0.3, -0.25) is 4.79 Å². The van der Waals surface area contributed by atoms with Crippen LogP contribution in [0.2, 0.25) is 0 Å². The van der Waals surface area contributed by atoms with E-state index in [0.717, 1.165) is 30.4 Å². The van der Waals surface area contributed by atoms with Gasteiger partial charge in [0.25, 0.3) is 5.91 Å². The summed E-state index contributed by atoms with van der Waals surface area (Å²) in [7, 11) is -3.48. The van der Waals surface area contributed by atoms with Gasteiger partial charge in [0.1, 0.15) is 5.75 Å². The summed E-state index contributed by atoms with van der Waals surface area (Å²) in [6, 6.07) is 12.7. The quantitative estimate of drug-likeness (QED) is 0.752. The van der Waals surface area contributed by atoms with Gasteiger partial charge in [0, 0.05) is 19.6 Å². The van der Waals surface area contributed by atoms with Crippen LogP contribution in [0, 0.1) is 13.8 Å². The summed E-state index contributed by atoms with van der Waals surface area (Å²) < 4.78 is 32.7. The van der Waals surface area contributed by atoms with Gasteiger partial charge in [-0.1, -0.05) is 36.2 Å². The maximum atomic E-state index is 12.8. The smallest absolute Gasteiger partial charge is 0.258 e. The van der Waals surface area contributed by atoms with Crippen molar-refractivity contribution in [2.45, 2.75) is 44.6 Å². The van der Waals surface area contributed by atoms with Crippen molar-refractivity contribution in [1.29, 1.82) is 0 Å². The zero-order chi connectivity index (χ0) is 20.9. The Kier molecular flexibility index (Phi) is 6.92. The predicted molar refractivity (Wildman–Crippen MR) is 112 cm³/mol. The molecule has 0 atom stereocenters. The highest BCUT2D eigenvalue weighted by molar-refractivity contribution is 7.89. The number of carbonyl (C=O) groups excluding carboxylic acids is 1. The van der Waals surface area contributed by atoms with Gasteiger partial charge in [0.15, 0.2) is 6.61 Å². The van der Waals surface area contributed by atoms with Crippen LogP contribution in [0.15, 0.2) is 47.4 Å². The minimum atomic E-state index is -3.48. The molecule has 0 unspecified atom stereocenters. The SMILES string of the molecule is Cc1cccc(CNC(=O)COc2ccc(S(=O)(=O)N3CCCCC3)cc2C)c1. The second-order valence-electron chi connectivity index (χ2n) is 7.45. The van der Waals surface area contributed by atoms with Crippen LogP contribution in [0.3, 0.4) is 0 Å².